The second kappa shape index (κ2) is 14.1. The summed E-state index contributed by atoms with van der Waals surface area (Å²) in [6.07, 6.45) is -3.85. The first kappa shape index (κ1) is 33.6. The normalized spacial score (nSPS) is 13.2. The highest BCUT2D eigenvalue weighted by Gasteiger charge is 2.36. The van der Waals surface area contributed by atoms with Gasteiger partial charge in [-0.15, -0.1) is 0 Å². The fraction of sp³-hybridized carbons (Fsp3) is 0.375. The third kappa shape index (κ3) is 8.59. The molecule has 2 amide bonds. The summed E-state index contributed by atoms with van der Waals surface area (Å²) in [4.78, 5) is 28.5. The maximum Gasteiger partial charge on any atom is 0.416 e. The number of anilines is 1. The molecule has 0 fully saturated rings. The lowest BCUT2D eigenvalue weighted by Crippen LogP contribution is -2.53. The van der Waals surface area contributed by atoms with Gasteiger partial charge in [-0.2, -0.15) is 13.2 Å². The van der Waals surface area contributed by atoms with E-state index in [4.69, 9.17) is 0 Å². The Kier molecular flexibility index (Phi) is 11.0. The van der Waals surface area contributed by atoms with Crippen molar-refractivity contribution in [1.82, 2.24) is 10.2 Å². The van der Waals surface area contributed by atoms with Crippen LogP contribution >= 0.6 is 0 Å². The van der Waals surface area contributed by atoms with Crippen LogP contribution in [0.25, 0.3) is 0 Å². The molecule has 0 saturated heterocycles. The van der Waals surface area contributed by atoms with Crippen molar-refractivity contribution in [3.8, 4) is 0 Å². The molecule has 0 aliphatic carbocycles. The van der Waals surface area contributed by atoms with Crippen LogP contribution in [0.2, 0.25) is 0 Å². The van der Waals surface area contributed by atoms with Gasteiger partial charge in [0, 0.05) is 12.6 Å². The zero-order chi connectivity index (χ0) is 31.9. The molecule has 3 aromatic rings. The summed E-state index contributed by atoms with van der Waals surface area (Å²) in [5.74, 6) is -1.14. The van der Waals surface area contributed by atoms with Gasteiger partial charge < -0.3 is 10.2 Å². The van der Waals surface area contributed by atoms with Gasteiger partial charge in [-0.05, 0) is 69.5 Å². The van der Waals surface area contributed by atoms with E-state index in [1.807, 2.05) is 45.0 Å². The van der Waals surface area contributed by atoms with Gasteiger partial charge in [0.25, 0.3) is 10.0 Å². The molecule has 0 aromatic heterocycles. The zero-order valence-corrected chi connectivity index (χ0v) is 25.8. The number of carbonyl (C=O) groups excluding carboxylic acids is 2. The lowest BCUT2D eigenvalue weighted by atomic mass is 10.1. The molecule has 2 atom stereocenters. The Morgan fingerprint density at radius 2 is 1.47 bits per heavy atom. The molecule has 1 N–H and O–H groups in total. The number of amides is 2. The molecule has 3 aromatic carbocycles. The molecule has 43 heavy (non-hydrogen) atoms. The fourth-order valence-corrected chi connectivity index (χ4v) is 5.86. The first-order chi connectivity index (χ1) is 20.2. The molecule has 0 bridgehead atoms. The summed E-state index contributed by atoms with van der Waals surface area (Å²) in [7, 11) is -4.50. The highest BCUT2D eigenvalue weighted by Crippen LogP contribution is 2.33. The number of hydrogen-bond donors (Lipinski definition) is 1. The van der Waals surface area contributed by atoms with E-state index in [1.165, 1.54) is 23.1 Å². The Hall–Kier alpha value is -3.86. The molecule has 0 aliphatic rings. The summed E-state index contributed by atoms with van der Waals surface area (Å²) < 4.78 is 69.4. The number of halogens is 3. The minimum atomic E-state index is -4.74. The van der Waals surface area contributed by atoms with E-state index in [-0.39, 0.29) is 29.6 Å². The number of aryl methyl sites for hydroxylation is 2. The van der Waals surface area contributed by atoms with Crippen LogP contribution in [-0.4, -0.2) is 43.8 Å². The van der Waals surface area contributed by atoms with Gasteiger partial charge in [0.2, 0.25) is 11.8 Å². The van der Waals surface area contributed by atoms with Gasteiger partial charge in [-0.1, -0.05) is 67.4 Å². The van der Waals surface area contributed by atoms with Gasteiger partial charge in [-0.3, -0.25) is 13.9 Å². The first-order valence-electron chi connectivity index (χ1n) is 14.1. The summed E-state index contributed by atoms with van der Waals surface area (Å²) in [5.41, 5.74) is 1.10. The van der Waals surface area contributed by atoms with Crippen LogP contribution in [0.5, 0.6) is 0 Å². The number of carbonyl (C=O) groups is 2. The average molecular weight is 618 g/mol. The Morgan fingerprint density at radius 3 is 2.00 bits per heavy atom. The molecular weight excluding hydrogens is 579 g/mol. The van der Waals surface area contributed by atoms with E-state index in [0.29, 0.717) is 22.4 Å². The van der Waals surface area contributed by atoms with E-state index < -0.39 is 46.2 Å². The third-order valence-corrected chi connectivity index (χ3v) is 9.00. The summed E-state index contributed by atoms with van der Waals surface area (Å²) >= 11 is 0. The molecule has 3 rings (SSSR count). The number of rotatable bonds is 12. The van der Waals surface area contributed by atoms with Crippen molar-refractivity contribution in [2.24, 2.45) is 0 Å². The predicted octanol–water partition coefficient (Wildman–Crippen LogP) is 6.24. The molecule has 0 spiro atoms. The molecular formula is C32H38F3N3O4S. The van der Waals surface area contributed by atoms with Gasteiger partial charge in [0.1, 0.15) is 12.6 Å². The van der Waals surface area contributed by atoms with Gasteiger partial charge in [0.15, 0.2) is 0 Å². The highest BCUT2D eigenvalue weighted by atomic mass is 32.2. The molecule has 0 unspecified atom stereocenters. The molecule has 0 aliphatic heterocycles. The molecule has 0 saturated carbocycles. The minimum Gasteiger partial charge on any atom is -0.352 e. The lowest BCUT2D eigenvalue weighted by molar-refractivity contribution is -0.140. The number of nitrogens with zero attached hydrogens (tertiary/aromatic N) is 2. The topological polar surface area (TPSA) is 86.8 Å². The van der Waals surface area contributed by atoms with Crippen molar-refractivity contribution in [1.29, 1.82) is 0 Å². The molecule has 11 heteroatoms. The van der Waals surface area contributed by atoms with Gasteiger partial charge in [0.05, 0.1) is 16.1 Å². The SMILES string of the molecule is CC[C@H](C)NC(=O)[C@H](CC)N(Cc1ccc(C)cc1)C(=O)CN(c1cccc(C(F)(F)F)c1)S(=O)(=O)c1ccc(C)cc1. The second-order valence-corrected chi connectivity index (χ2v) is 12.5. The Morgan fingerprint density at radius 1 is 0.884 bits per heavy atom. The van der Waals surface area contributed by atoms with Crippen molar-refractivity contribution >= 4 is 27.5 Å². The number of alkyl halides is 3. The smallest absolute Gasteiger partial charge is 0.352 e. The van der Waals surface area contributed by atoms with Crippen LogP contribution in [0, 0.1) is 13.8 Å². The molecule has 7 nitrogen and oxygen atoms in total. The van der Waals surface area contributed by atoms with E-state index in [2.05, 4.69) is 5.32 Å². The van der Waals surface area contributed by atoms with Crippen molar-refractivity contribution in [2.75, 3.05) is 10.8 Å². The van der Waals surface area contributed by atoms with Crippen molar-refractivity contribution in [2.45, 2.75) is 77.2 Å². The summed E-state index contributed by atoms with van der Waals surface area (Å²) in [6, 6.07) is 15.9. The maximum absolute atomic E-state index is 14.1. The highest BCUT2D eigenvalue weighted by molar-refractivity contribution is 7.92. The number of sulfonamides is 1. The van der Waals surface area contributed by atoms with E-state index in [1.54, 1.807) is 26.0 Å². The molecule has 0 heterocycles. The lowest BCUT2D eigenvalue weighted by Gasteiger charge is -2.34. The largest absolute Gasteiger partial charge is 0.416 e. The average Bonchev–Trinajstić information content (AvgIpc) is 2.96. The molecule has 232 valence electrons. The molecule has 0 radical (unpaired) electrons. The standard InChI is InChI=1S/C32H38F3N3O4S/c1-6-24(5)36-31(40)29(7-2)37(20-25-15-11-22(3)12-16-25)30(39)21-38(27-10-8-9-26(19-27)32(33,34)35)43(41,42)28-17-13-23(4)14-18-28/h8-19,24,29H,6-7,20-21H2,1-5H3,(H,36,40)/t24-,29-/m0/s1. The monoisotopic (exact) mass is 617 g/mol. The number of nitrogens with one attached hydrogen (secondary N) is 1. The van der Waals surface area contributed by atoms with Crippen molar-refractivity contribution in [3.63, 3.8) is 0 Å². The van der Waals surface area contributed by atoms with Crippen LogP contribution in [0.15, 0.2) is 77.7 Å². The van der Waals surface area contributed by atoms with E-state index in [9.17, 15) is 31.2 Å². The Balaban J connectivity index is 2.12. The summed E-state index contributed by atoms with van der Waals surface area (Å²) in [5, 5.41) is 2.89. The van der Waals surface area contributed by atoms with Crippen LogP contribution < -0.4 is 9.62 Å². The van der Waals surface area contributed by atoms with Crippen molar-refractivity contribution in [3.05, 3.63) is 95.1 Å². The summed E-state index contributed by atoms with van der Waals surface area (Å²) in [6.45, 7) is 8.32. The number of hydrogen-bond acceptors (Lipinski definition) is 4. The van der Waals surface area contributed by atoms with Crippen LogP contribution in [0.3, 0.4) is 0 Å². The minimum absolute atomic E-state index is 0.00738. The Bertz CT molecular complexity index is 1510. The van der Waals surface area contributed by atoms with Gasteiger partial charge >= 0.3 is 6.18 Å². The van der Waals surface area contributed by atoms with E-state index >= 15 is 0 Å². The van der Waals surface area contributed by atoms with Crippen LogP contribution in [0.1, 0.15) is 55.9 Å². The van der Waals surface area contributed by atoms with Crippen molar-refractivity contribution < 1.29 is 31.2 Å². The fourth-order valence-electron chi connectivity index (χ4n) is 4.45. The second-order valence-electron chi connectivity index (χ2n) is 10.6. The van der Waals surface area contributed by atoms with Gasteiger partial charge in [-0.25, -0.2) is 8.42 Å². The van der Waals surface area contributed by atoms with E-state index in [0.717, 1.165) is 23.3 Å². The first-order valence-corrected chi connectivity index (χ1v) is 15.5. The number of benzene rings is 3. The zero-order valence-electron chi connectivity index (χ0n) is 25.0. The van der Waals surface area contributed by atoms with Crippen LogP contribution in [-0.2, 0) is 32.3 Å². The quantitative estimate of drug-likeness (QED) is 0.261. The maximum atomic E-state index is 14.1. The Labute approximate surface area is 251 Å². The van der Waals surface area contributed by atoms with Crippen LogP contribution in [0.4, 0.5) is 18.9 Å². The third-order valence-electron chi connectivity index (χ3n) is 7.21. The predicted molar refractivity (Wildman–Crippen MR) is 161 cm³/mol.